The first kappa shape index (κ1) is 17.3. The fourth-order valence-corrected chi connectivity index (χ4v) is 2.10. The highest BCUT2D eigenvalue weighted by atomic mass is 16.5. The zero-order chi connectivity index (χ0) is 17.5. The topological polar surface area (TPSA) is 64.6 Å². The fourth-order valence-electron chi connectivity index (χ4n) is 2.10. The monoisotopic (exact) mass is 325 g/mol. The first-order chi connectivity index (χ1) is 11.5. The Hall–Kier alpha value is -3.08. The summed E-state index contributed by atoms with van der Waals surface area (Å²) in [5.41, 5.74) is 1.93. The van der Waals surface area contributed by atoms with Crippen molar-refractivity contribution >= 4 is 17.3 Å². The van der Waals surface area contributed by atoms with Crippen LogP contribution in [0.2, 0.25) is 0 Å². The molecule has 2 rings (SSSR count). The number of ketones is 2. The Morgan fingerprint density at radius 1 is 0.917 bits per heavy atom. The average Bonchev–Trinajstić information content (AvgIpc) is 2.61. The van der Waals surface area contributed by atoms with Crippen LogP contribution in [-0.4, -0.2) is 25.8 Å². The van der Waals surface area contributed by atoms with E-state index in [0.717, 1.165) is 5.69 Å². The highest BCUT2D eigenvalue weighted by Crippen LogP contribution is 2.27. The molecular formula is C19H19NO4. The maximum Gasteiger partial charge on any atom is 0.187 e. The number of benzene rings is 2. The van der Waals surface area contributed by atoms with Gasteiger partial charge in [-0.15, -0.1) is 0 Å². The highest BCUT2D eigenvalue weighted by molar-refractivity contribution is 6.05. The summed E-state index contributed by atoms with van der Waals surface area (Å²) >= 11 is 0. The summed E-state index contributed by atoms with van der Waals surface area (Å²) < 4.78 is 10.3. The number of carbonyl (C=O) groups excluding carboxylic acids is 2. The van der Waals surface area contributed by atoms with Crippen LogP contribution in [0.15, 0.2) is 54.7 Å². The second-order valence-electron chi connectivity index (χ2n) is 5.05. The van der Waals surface area contributed by atoms with E-state index in [1.54, 1.807) is 55.8 Å². The summed E-state index contributed by atoms with van der Waals surface area (Å²) in [5.74, 6) is 0.927. The van der Waals surface area contributed by atoms with Crippen molar-refractivity contribution in [2.75, 3.05) is 19.5 Å². The van der Waals surface area contributed by atoms with Crippen molar-refractivity contribution in [2.45, 2.75) is 6.92 Å². The number of ether oxygens (including phenoxy) is 2. The van der Waals surface area contributed by atoms with Crippen LogP contribution in [0.1, 0.15) is 27.6 Å². The molecule has 0 heterocycles. The van der Waals surface area contributed by atoms with E-state index in [2.05, 4.69) is 5.32 Å². The molecule has 0 bridgehead atoms. The molecule has 5 nitrogen and oxygen atoms in total. The van der Waals surface area contributed by atoms with E-state index >= 15 is 0 Å². The van der Waals surface area contributed by atoms with Gasteiger partial charge in [-0.3, -0.25) is 9.59 Å². The number of carbonyl (C=O) groups is 2. The van der Waals surface area contributed by atoms with E-state index in [0.29, 0.717) is 22.6 Å². The number of allylic oxidation sites excluding steroid dienone is 1. The zero-order valence-electron chi connectivity index (χ0n) is 13.8. The Bertz CT molecular complexity index is 763. The lowest BCUT2D eigenvalue weighted by atomic mass is 10.1. The lowest BCUT2D eigenvalue weighted by molar-refractivity contribution is 0.101. The van der Waals surface area contributed by atoms with Gasteiger partial charge in [0.2, 0.25) is 0 Å². The van der Waals surface area contributed by atoms with Crippen molar-refractivity contribution in [1.82, 2.24) is 0 Å². The third-order valence-corrected chi connectivity index (χ3v) is 3.44. The second kappa shape index (κ2) is 7.97. The van der Waals surface area contributed by atoms with Crippen LogP contribution in [0.3, 0.4) is 0 Å². The molecule has 0 aromatic heterocycles. The maximum atomic E-state index is 12.2. The first-order valence-corrected chi connectivity index (χ1v) is 7.35. The first-order valence-electron chi connectivity index (χ1n) is 7.35. The molecule has 0 aliphatic rings. The maximum absolute atomic E-state index is 12.2. The van der Waals surface area contributed by atoms with E-state index in [9.17, 15) is 9.59 Å². The minimum Gasteiger partial charge on any atom is -0.493 e. The van der Waals surface area contributed by atoms with Crippen LogP contribution in [0.4, 0.5) is 5.69 Å². The van der Waals surface area contributed by atoms with E-state index in [1.165, 1.54) is 20.1 Å². The van der Waals surface area contributed by atoms with E-state index in [1.807, 2.05) is 0 Å². The van der Waals surface area contributed by atoms with E-state index < -0.39 is 0 Å². The summed E-state index contributed by atoms with van der Waals surface area (Å²) in [6.45, 7) is 1.52. The zero-order valence-corrected chi connectivity index (χ0v) is 13.8. The molecule has 0 atom stereocenters. The molecule has 2 aromatic rings. The summed E-state index contributed by atoms with van der Waals surface area (Å²) in [6, 6.07) is 12.0. The number of Topliss-reactive ketones (excluding diaryl/α,β-unsaturated/α-hetero) is 1. The lowest BCUT2D eigenvalue weighted by Gasteiger charge is -2.08. The number of methoxy groups -OCH3 is 2. The Morgan fingerprint density at radius 3 is 2.12 bits per heavy atom. The van der Waals surface area contributed by atoms with Crippen LogP contribution in [0, 0.1) is 0 Å². The third kappa shape index (κ3) is 4.23. The van der Waals surface area contributed by atoms with Gasteiger partial charge in [0.05, 0.1) is 14.2 Å². The summed E-state index contributed by atoms with van der Waals surface area (Å²) in [6.07, 6.45) is 2.99. The minimum absolute atomic E-state index is 0.0146. The number of nitrogens with one attached hydrogen (secondary N) is 1. The van der Waals surface area contributed by atoms with Crippen molar-refractivity contribution in [3.63, 3.8) is 0 Å². The van der Waals surface area contributed by atoms with Crippen LogP contribution < -0.4 is 14.8 Å². The highest BCUT2D eigenvalue weighted by Gasteiger charge is 2.08. The van der Waals surface area contributed by atoms with Gasteiger partial charge in [0.25, 0.3) is 0 Å². The summed E-state index contributed by atoms with van der Waals surface area (Å²) in [7, 11) is 3.06. The van der Waals surface area contributed by atoms with E-state index in [-0.39, 0.29) is 11.6 Å². The molecule has 124 valence electrons. The molecule has 24 heavy (non-hydrogen) atoms. The predicted molar refractivity (Wildman–Crippen MR) is 93.1 cm³/mol. The van der Waals surface area contributed by atoms with Gasteiger partial charge in [-0.2, -0.15) is 0 Å². The van der Waals surface area contributed by atoms with Crippen molar-refractivity contribution in [2.24, 2.45) is 0 Å². The number of anilines is 1. The minimum atomic E-state index is -0.163. The van der Waals surface area contributed by atoms with Crippen LogP contribution in [-0.2, 0) is 0 Å². The van der Waals surface area contributed by atoms with Crippen molar-refractivity contribution in [1.29, 1.82) is 0 Å². The molecule has 0 saturated carbocycles. The Labute approximate surface area is 140 Å². The molecule has 0 aliphatic heterocycles. The van der Waals surface area contributed by atoms with Gasteiger partial charge in [-0.25, -0.2) is 0 Å². The SMILES string of the molecule is COc1ccc(C(=O)C=CNc2ccc(C(C)=O)cc2)cc1OC. The van der Waals surface area contributed by atoms with Crippen molar-refractivity contribution < 1.29 is 19.1 Å². The molecule has 0 amide bonds. The normalized spacial score (nSPS) is 10.5. The number of hydrogen-bond donors (Lipinski definition) is 1. The Balaban J connectivity index is 2.03. The summed E-state index contributed by atoms with van der Waals surface area (Å²) in [5, 5.41) is 2.99. The molecule has 1 N–H and O–H groups in total. The molecular weight excluding hydrogens is 306 g/mol. The average molecular weight is 325 g/mol. The Kier molecular flexibility index (Phi) is 5.73. The third-order valence-electron chi connectivity index (χ3n) is 3.44. The van der Waals surface area contributed by atoms with Gasteiger partial charge in [0.15, 0.2) is 23.1 Å². The molecule has 2 aromatic carbocycles. The standard InChI is InChI=1S/C19H19NO4/c1-13(21)14-4-7-16(8-5-14)20-11-10-17(22)15-6-9-18(23-2)19(12-15)24-3/h4-12,20H,1-3H3. The van der Waals surface area contributed by atoms with Gasteiger partial charge in [-0.1, -0.05) is 0 Å². The van der Waals surface area contributed by atoms with Crippen molar-refractivity contribution in [3.8, 4) is 11.5 Å². The summed E-state index contributed by atoms with van der Waals surface area (Å²) in [4.78, 5) is 23.4. The van der Waals surface area contributed by atoms with Crippen LogP contribution >= 0.6 is 0 Å². The second-order valence-corrected chi connectivity index (χ2v) is 5.05. The lowest BCUT2D eigenvalue weighted by Crippen LogP contribution is -1.99. The number of rotatable bonds is 7. The van der Waals surface area contributed by atoms with Crippen LogP contribution in [0.5, 0.6) is 11.5 Å². The van der Waals surface area contributed by atoms with Gasteiger partial charge in [0.1, 0.15) is 0 Å². The fraction of sp³-hybridized carbons (Fsp3) is 0.158. The molecule has 0 saturated heterocycles. The van der Waals surface area contributed by atoms with Gasteiger partial charge >= 0.3 is 0 Å². The molecule has 0 unspecified atom stereocenters. The molecule has 0 radical (unpaired) electrons. The van der Waals surface area contributed by atoms with Crippen molar-refractivity contribution in [3.05, 3.63) is 65.9 Å². The number of hydrogen-bond acceptors (Lipinski definition) is 5. The van der Waals surface area contributed by atoms with E-state index in [4.69, 9.17) is 9.47 Å². The largest absolute Gasteiger partial charge is 0.493 e. The predicted octanol–water partition coefficient (Wildman–Crippen LogP) is 3.71. The van der Waals surface area contributed by atoms with Gasteiger partial charge in [0, 0.05) is 29.1 Å². The molecule has 0 aliphatic carbocycles. The molecule has 0 fully saturated rings. The molecule has 5 heteroatoms. The Morgan fingerprint density at radius 2 is 1.54 bits per heavy atom. The molecule has 0 spiro atoms. The quantitative estimate of drug-likeness (QED) is 0.621. The van der Waals surface area contributed by atoms with Gasteiger partial charge in [-0.05, 0) is 49.4 Å². The van der Waals surface area contributed by atoms with Gasteiger partial charge < -0.3 is 14.8 Å². The smallest absolute Gasteiger partial charge is 0.187 e. The van der Waals surface area contributed by atoms with Crippen LogP contribution in [0.25, 0.3) is 0 Å².